The van der Waals surface area contributed by atoms with E-state index in [1.54, 1.807) is 99.6 Å². The van der Waals surface area contributed by atoms with E-state index in [1.807, 2.05) is 6.92 Å². The molecule has 8 nitrogen and oxygen atoms in total. The maximum atomic E-state index is 13.9. The fourth-order valence-electron chi connectivity index (χ4n) is 4.23. The lowest BCUT2D eigenvalue weighted by Gasteiger charge is -2.20. The zero-order chi connectivity index (χ0) is 28.4. The van der Waals surface area contributed by atoms with Gasteiger partial charge in [-0.3, -0.25) is 10.1 Å². The predicted octanol–water partition coefficient (Wildman–Crippen LogP) is 6.51. The average molecular weight is 546 g/mol. The van der Waals surface area contributed by atoms with Gasteiger partial charge in [0.1, 0.15) is 5.60 Å². The molecule has 3 aromatic carbocycles. The van der Waals surface area contributed by atoms with Crippen LogP contribution in [0.25, 0.3) is 10.9 Å². The number of amides is 2. The lowest BCUT2D eigenvalue weighted by molar-refractivity contribution is 0.0635. The molecule has 0 aliphatic carbocycles. The largest absolute Gasteiger partial charge is 0.444 e. The number of carbonyl (C=O) groups is 2. The van der Waals surface area contributed by atoms with Crippen molar-refractivity contribution in [3.63, 3.8) is 0 Å². The van der Waals surface area contributed by atoms with Gasteiger partial charge in [0.15, 0.2) is 0 Å². The monoisotopic (exact) mass is 545 g/mol. The van der Waals surface area contributed by atoms with E-state index in [1.165, 1.54) is 3.97 Å². The number of fused-ring (bicyclic) bond motifs is 1. The number of hydrogen-bond acceptors (Lipinski definition) is 5. The Bertz CT molecular complexity index is 1660. The van der Waals surface area contributed by atoms with Gasteiger partial charge in [-0.15, -0.1) is 6.58 Å². The molecule has 4 rings (SSSR count). The van der Waals surface area contributed by atoms with Crippen molar-refractivity contribution in [3.8, 4) is 0 Å². The fraction of sp³-hybridized carbons (Fsp3) is 0.200. The Morgan fingerprint density at radius 3 is 2.13 bits per heavy atom. The van der Waals surface area contributed by atoms with Crippen molar-refractivity contribution in [1.29, 1.82) is 0 Å². The highest BCUT2D eigenvalue weighted by molar-refractivity contribution is 7.90. The molecule has 39 heavy (non-hydrogen) atoms. The minimum absolute atomic E-state index is 0.109. The number of aryl methyl sites for hydroxylation is 1. The first-order valence-electron chi connectivity index (χ1n) is 12.4. The predicted molar refractivity (Wildman–Crippen MR) is 154 cm³/mol. The summed E-state index contributed by atoms with van der Waals surface area (Å²) in [5, 5.41) is 5.98. The average Bonchev–Trinajstić information content (AvgIpc) is 3.19. The van der Waals surface area contributed by atoms with E-state index < -0.39 is 27.6 Å². The molecule has 9 heteroatoms. The number of para-hydroxylation sites is 3. The zero-order valence-corrected chi connectivity index (χ0v) is 23.1. The summed E-state index contributed by atoms with van der Waals surface area (Å²) < 4.78 is 34.3. The standard InChI is InChI=1S/C30H31N3O5S/c1-6-11-26-27(28(34)31-23-13-8-9-14-24(23)32-29(35)38-30(3,4)5)22-12-7-10-15-25(22)33(26)39(36,37)21-18-16-20(2)17-19-21/h6-10,12-19H,1,11H2,2-5H3,(H,31,34)(H,32,35). The first kappa shape index (κ1) is 27.7. The third kappa shape index (κ3) is 5.88. The maximum Gasteiger partial charge on any atom is 0.412 e. The van der Waals surface area contributed by atoms with E-state index in [9.17, 15) is 18.0 Å². The molecule has 0 atom stereocenters. The quantitative estimate of drug-likeness (QED) is 0.257. The summed E-state index contributed by atoms with van der Waals surface area (Å²) in [5.41, 5.74) is 1.75. The summed E-state index contributed by atoms with van der Waals surface area (Å²) in [6, 6.07) is 20.1. The molecule has 0 aliphatic heterocycles. The van der Waals surface area contributed by atoms with Gasteiger partial charge in [0.25, 0.3) is 15.9 Å². The highest BCUT2D eigenvalue weighted by Crippen LogP contribution is 2.33. The summed E-state index contributed by atoms with van der Waals surface area (Å²) in [5.74, 6) is -0.528. The van der Waals surface area contributed by atoms with Gasteiger partial charge < -0.3 is 10.1 Å². The van der Waals surface area contributed by atoms with E-state index >= 15 is 0 Å². The molecular formula is C30H31N3O5S. The van der Waals surface area contributed by atoms with Crippen LogP contribution in [0.2, 0.25) is 0 Å². The van der Waals surface area contributed by atoms with E-state index in [0.717, 1.165) is 5.56 Å². The van der Waals surface area contributed by atoms with Gasteiger partial charge in [-0.2, -0.15) is 0 Å². The summed E-state index contributed by atoms with van der Waals surface area (Å²) in [6.07, 6.45) is 1.02. The minimum Gasteiger partial charge on any atom is -0.444 e. The SMILES string of the molecule is C=CCc1c(C(=O)Nc2ccccc2NC(=O)OC(C)(C)C)c2ccccc2n1S(=O)(=O)c1ccc(C)cc1. The highest BCUT2D eigenvalue weighted by atomic mass is 32.2. The molecule has 2 N–H and O–H groups in total. The summed E-state index contributed by atoms with van der Waals surface area (Å²) >= 11 is 0. The number of benzene rings is 3. The minimum atomic E-state index is -4.05. The van der Waals surface area contributed by atoms with Crippen LogP contribution < -0.4 is 10.6 Å². The topological polar surface area (TPSA) is 106 Å². The van der Waals surface area contributed by atoms with Crippen molar-refractivity contribution in [2.75, 3.05) is 10.6 Å². The van der Waals surface area contributed by atoms with Gasteiger partial charge >= 0.3 is 6.09 Å². The first-order valence-corrected chi connectivity index (χ1v) is 13.8. The van der Waals surface area contributed by atoms with Crippen molar-refractivity contribution < 1.29 is 22.7 Å². The summed E-state index contributed by atoms with van der Waals surface area (Å²) in [4.78, 5) is 26.3. The van der Waals surface area contributed by atoms with Crippen LogP contribution in [-0.4, -0.2) is 30.0 Å². The van der Waals surface area contributed by atoms with Crippen LogP contribution in [0.3, 0.4) is 0 Å². The van der Waals surface area contributed by atoms with Crippen molar-refractivity contribution in [2.45, 2.75) is 44.6 Å². The Balaban J connectivity index is 1.81. The van der Waals surface area contributed by atoms with Gasteiger partial charge in [-0.1, -0.05) is 54.1 Å². The summed E-state index contributed by atoms with van der Waals surface area (Å²) in [7, 11) is -4.05. The Hall–Kier alpha value is -4.37. The fourth-order valence-corrected chi connectivity index (χ4v) is 5.79. The number of nitrogens with zero attached hydrogens (tertiary/aromatic N) is 1. The van der Waals surface area contributed by atoms with Crippen molar-refractivity contribution in [2.24, 2.45) is 0 Å². The van der Waals surface area contributed by atoms with Crippen LogP contribution in [0.4, 0.5) is 16.2 Å². The molecule has 2 amide bonds. The lowest BCUT2D eigenvalue weighted by Crippen LogP contribution is -2.27. The Morgan fingerprint density at radius 2 is 1.51 bits per heavy atom. The van der Waals surface area contributed by atoms with Crippen molar-refractivity contribution >= 4 is 44.3 Å². The third-order valence-corrected chi connectivity index (χ3v) is 7.63. The lowest BCUT2D eigenvalue weighted by atomic mass is 10.1. The van der Waals surface area contributed by atoms with E-state index in [2.05, 4.69) is 17.2 Å². The van der Waals surface area contributed by atoms with Crippen molar-refractivity contribution in [1.82, 2.24) is 3.97 Å². The highest BCUT2D eigenvalue weighted by Gasteiger charge is 2.29. The van der Waals surface area contributed by atoms with Gasteiger partial charge in [0, 0.05) is 11.8 Å². The smallest absolute Gasteiger partial charge is 0.412 e. The molecule has 0 aliphatic rings. The molecule has 1 aromatic heterocycles. The van der Waals surface area contributed by atoms with E-state index in [0.29, 0.717) is 22.3 Å². The second kappa shape index (κ2) is 10.8. The first-order chi connectivity index (χ1) is 18.4. The molecule has 202 valence electrons. The van der Waals surface area contributed by atoms with E-state index in [-0.39, 0.29) is 22.6 Å². The molecule has 0 bridgehead atoms. The van der Waals surface area contributed by atoms with Gasteiger partial charge in [0.2, 0.25) is 0 Å². The summed E-state index contributed by atoms with van der Waals surface area (Å²) in [6.45, 7) is 10.9. The van der Waals surface area contributed by atoms with Crippen LogP contribution in [0.15, 0.2) is 90.3 Å². The number of allylic oxidation sites excluding steroid dienone is 1. The Morgan fingerprint density at radius 1 is 0.923 bits per heavy atom. The number of hydrogen-bond donors (Lipinski definition) is 2. The molecule has 0 saturated carbocycles. The molecule has 0 saturated heterocycles. The van der Waals surface area contributed by atoms with Crippen LogP contribution >= 0.6 is 0 Å². The number of anilines is 2. The molecule has 4 aromatic rings. The van der Waals surface area contributed by atoms with Crippen LogP contribution in [0, 0.1) is 6.92 Å². The number of aromatic nitrogens is 1. The molecule has 0 spiro atoms. The molecule has 0 unspecified atom stereocenters. The van der Waals surface area contributed by atoms with Gasteiger partial charge in [0.05, 0.1) is 33.0 Å². The Kier molecular flexibility index (Phi) is 7.65. The van der Waals surface area contributed by atoms with Gasteiger partial charge in [-0.25, -0.2) is 17.2 Å². The van der Waals surface area contributed by atoms with E-state index in [4.69, 9.17) is 4.74 Å². The zero-order valence-electron chi connectivity index (χ0n) is 22.3. The van der Waals surface area contributed by atoms with Crippen LogP contribution in [0.5, 0.6) is 0 Å². The number of carbonyl (C=O) groups excluding carboxylic acids is 2. The molecule has 0 fully saturated rings. The molecule has 0 radical (unpaired) electrons. The van der Waals surface area contributed by atoms with Crippen molar-refractivity contribution in [3.05, 3.63) is 102 Å². The Labute approximate surface area is 228 Å². The number of nitrogens with one attached hydrogen (secondary N) is 2. The molecular weight excluding hydrogens is 514 g/mol. The normalized spacial score (nSPS) is 11.7. The van der Waals surface area contributed by atoms with Gasteiger partial charge in [-0.05, 0) is 58.0 Å². The maximum absolute atomic E-state index is 13.9. The number of rotatable bonds is 7. The second-order valence-corrected chi connectivity index (χ2v) is 11.8. The second-order valence-electron chi connectivity index (χ2n) is 10.0. The molecule has 1 heterocycles. The van der Waals surface area contributed by atoms with Crippen LogP contribution in [0.1, 0.15) is 42.4 Å². The third-order valence-electron chi connectivity index (χ3n) is 5.86. The number of ether oxygens (including phenoxy) is 1. The van der Waals surface area contributed by atoms with Crippen LogP contribution in [-0.2, 0) is 21.2 Å².